The maximum absolute atomic E-state index is 5.01. The highest BCUT2D eigenvalue weighted by Gasteiger charge is 2.38. The highest BCUT2D eigenvalue weighted by atomic mass is 32.3. The standard InChI is InChI=1S/C42H36N4S2Si/c1-48(2)37-17-9-5-13-33(37)45(34-14-6-10-18-38(34)48)31-27-23-30(24-28-31)42-43-41(44-47-42)29-21-25-32(26-22-29)46-35-15-7-11-19-39(35)49(3,4)40-20-12-8-16-36(40)46/h5-28H,1-4H3. The summed E-state index contributed by atoms with van der Waals surface area (Å²) in [7, 11) is -2.93. The third-order valence-electron chi connectivity index (χ3n) is 10.1. The summed E-state index contributed by atoms with van der Waals surface area (Å²) in [6, 6.07) is 53.0. The number of fused-ring (bicyclic) bond motifs is 4. The van der Waals surface area contributed by atoms with E-state index in [2.05, 4.69) is 181 Å². The minimum Gasteiger partial charge on any atom is -0.311 e. The van der Waals surface area contributed by atoms with Gasteiger partial charge in [-0.3, -0.25) is 0 Å². The van der Waals surface area contributed by atoms with Crippen LogP contribution in [0.25, 0.3) is 22.0 Å². The normalized spacial score (nSPS) is 15.8. The Balaban J connectivity index is 1.01. The number of rotatable bonds is 4. The van der Waals surface area contributed by atoms with Gasteiger partial charge in [0.1, 0.15) is 13.1 Å². The van der Waals surface area contributed by atoms with Crippen molar-refractivity contribution in [3.63, 3.8) is 0 Å². The number of benzene rings is 6. The molecule has 0 unspecified atom stereocenters. The van der Waals surface area contributed by atoms with Gasteiger partial charge in [0.25, 0.3) is 0 Å². The lowest BCUT2D eigenvalue weighted by atomic mass is 10.1. The second kappa shape index (κ2) is 11.3. The van der Waals surface area contributed by atoms with Gasteiger partial charge >= 0.3 is 0 Å². The molecule has 0 saturated carbocycles. The molecule has 0 bridgehead atoms. The molecule has 0 N–H and O–H groups in total. The Hall–Kier alpha value is -4.95. The largest absolute Gasteiger partial charge is 0.311 e. The average molecular weight is 689 g/mol. The molecular weight excluding hydrogens is 653 g/mol. The van der Waals surface area contributed by atoms with Gasteiger partial charge in [0.2, 0.25) is 0 Å². The number of aromatic nitrogens is 2. The van der Waals surface area contributed by atoms with Gasteiger partial charge in [0.05, 0.1) is 11.4 Å². The van der Waals surface area contributed by atoms with E-state index >= 15 is 0 Å². The molecule has 0 atom stereocenters. The molecule has 7 aromatic rings. The molecule has 240 valence electrons. The molecular formula is C42H36N4S2Si. The van der Waals surface area contributed by atoms with Crippen LogP contribution in [0.4, 0.5) is 34.1 Å². The van der Waals surface area contributed by atoms with E-state index in [9.17, 15) is 0 Å². The maximum atomic E-state index is 5.01. The second-order valence-corrected chi connectivity index (χ2v) is 22.2. The van der Waals surface area contributed by atoms with E-state index in [1.165, 1.54) is 54.4 Å². The summed E-state index contributed by atoms with van der Waals surface area (Å²) in [5, 5.41) is 3.85. The summed E-state index contributed by atoms with van der Waals surface area (Å²) in [6.07, 6.45) is 4.80. The summed E-state index contributed by atoms with van der Waals surface area (Å²) in [5.41, 5.74) is 9.46. The van der Waals surface area contributed by atoms with Crippen LogP contribution in [0.2, 0.25) is 13.1 Å². The van der Waals surface area contributed by atoms with Crippen molar-refractivity contribution in [2.45, 2.75) is 22.9 Å². The molecule has 0 fully saturated rings. The van der Waals surface area contributed by atoms with Crippen molar-refractivity contribution in [2.24, 2.45) is 0 Å². The number of hydrogen-bond donors (Lipinski definition) is 0. The fraction of sp³-hybridized carbons (Fsp3) is 0.0952. The highest BCUT2D eigenvalue weighted by Crippen LogP contribution is 2.67. The summed E-state index contributed by atoms with van der Waals surface area (Å²) in [6.45, 7) is 4.91. The van der Waals surface area contributed by atoms with E-state index in [1.54, 1.807) is 0 Å². The lowest BCUT2D eigenvalue weighted by Gasteiger charge is -2.45. The number of anilines is 6. The Labute approximate surface area is 294 Å². The fourth-order valence-corrected chi connectivity index (χ4v) is 13.7. The van der Waals surface area contributed by atoms with Gasteiger partial charge in [-0.05, 0) is 119 Å². The number of nitrogens with zero attached hydrogens (tertiary/aromatic N) is 4. The number of para-hydroxylation sites is 4. The molecule has 1 aromatic heterocycles. The molecule has 9 rings (SSSR count). The van der Waals surface area contributed by atoms with Crippen LogP contribution in [0, 0.1) is 0 Å². The molecule has 4 nitrogen and oxygen atoms in total. The third-order valence-corrected chi connectivity index (χ3v) is 17.3. The van der Waals surface area contributed by atoms with Crippen molar-refractivity contribution in [2.75, 3.05) is 22.3 Å². The van der Waals surface area contributed by atoms with Crippen LogP contribution in [-0.2, 0) is 0 Å². The molecule has 2 aliphatic rings. The zero-order chi connectivity index (χ0) is 33.3. The van der Waals surface area contributed by atoms with Crippen LogP contribution < -0.4 is 20.2 Å². The van der Waals surface area contributed by atoms with Crippen molar-refractivity contribution < 1.29 is 0 Å². The van der Waals surface area contributed by atoms with Gasteiger partial charge in [-0.15, -0.1) is 0 Å². The minimum atomic E-state index is -1.81. The topological polar surface area (TPSA) is 32.3 Å². The van der Waals surface area contributed by atoms with Gasteiger partial charge in [-0.2, -0.15) is 14.4 Å². The van der Waals surface area contributed by atoms with E-state index in [1.807, 2.05) is 0 Å². The van der Waals surface area contributed by atoms with Gasteiger partial charge in [0, 0.05) is 43.7 Å². The molecule has 0 radical (unpaired) electrons. The Bertz CT molecular complexity index is 2100. The minimum absolute atomic E-state index is 0.757. The van der Waals surface area contributed by atoms with Crippen molar-refractivity contribution in [3.05, 3.63) is 146 Å². The van der Waals surface area contributed by atoms with Gasteiger partial charge < -0.3 is 9.80 Å². The lowest BCUT2D eigenvalue weighted by Crippen LogP contribution is -2.58. The molecule has 49 heavy (non-hydrogen) atoms. The van der Waals surface area contributed by atoms with Gasteiger partial charge in [0.15, 0.2) is 5.82 Å². The fourth-order valence-electron chi connectivity index (χ4n) is 7.59. The predicted octanol–water partition coefficient (Wildman–Crippen LogP) is 10.7. The van der Waals surface area contributed by atoms with Crippen LogP contribution in [0.5, 0.6) is 0 Å². The Morgan fingerprint density at radius 2 is 0.939 bits per heavy atom. The summed E-state index contributed by atoms with van der Waals surface area (Å²) in [4.78, 5) is 12.7. The Morgan fingerprint density at radius 1 is 0.510 bits per heavy atom. The zero-order valence-corrected chi connectivity index (χ0v) is 30.6. The van der Waals surface area contributed by atoms with E-state index in [-0.39, 0.29) is 0 Å². The molecule has 0 spiro atoms. The van der Waals surface area contributed by atoms with E-state index < -0.39 is 18.1 Å². The maximum Gasteiger partial charge on any atom is 0.173 e. The lowest BCUT2D eigenvalue weighted by molar-refractivity contribution is 1.15. The second-order valence-electron chi connectivity index (χ2n) is 13.6. The van der Waals surface area contributed by atoms with E-state index in [4.69, 9.17) is 9.36 Å². The first kappa shape index (κ1) is 30.1. The van der Waals surface area contributed by atoms with Crippen LogP contribution >= 0.6 is 21.6 Å². The van der Waals surface area contributed by atoms with E-state index in [0.717, 1.165) is 33.3 Å². The monoisotopic (exact) mass is 688 g/mol. The number of hydrogen-bond acceptors (Lipinski definition) is 5. The van der Waals surface area contributed by atoms with Crippen molar-refractivity contribution in [1.29, 1.82) is 0 Å². The summed E-state index contributed by atoms with van der Waals surface area (Å²) < 4.78 is 4.80. The van der Waals surface area contributed by atoms with Crippen LogP contribution in [-0.4, -0.2) is 29.9 Å². The van der Waals surface area contributed by atoms with Crippen molar-refractivity contribution in [3.8, 4) is 22.0 Å². The first-order valence-corrected chi connectivity index (χ1v) is 22.8. The van der Waals surface area contributed by atoms with E-state index in [0.29, 0.717) is 0 Å². The Morgan fingerprint density at radius 3 is 1.47 bits per heavy atom. The highest BCUT2D eigenvalue weighted by molar-refractivity contribution is 8.33. The zero-order valence-electron chi connectivity index (χ0n) is 28.0. The average Bonchev–Trinajstić information content (AvgIpc) is 3.63. The first-order chi connectivity index (χ1) is 23.8. The molecule has 6 aromatic carbocycles. The van der Waals surface area contributed by atoms with Crippen LogP contribution in [0.15, 0.2) is 155 Å². The summed E-state index contributed by atoms with van der Waals surface area (Å²) in [5.74, 6) is 0.757. The smallest absolute Gasteiger partial charge is 0.173 e. The van der Waals surface area contributed by atoms with Crippen LogP contribution in [0.1, 0.15) is 0 Å². The van der Waals surface area contributed by atoms with Gasteiger partial charge in [-0.1, -0.05) is 73.8 Å². The molecule has 0 amide bonds. The third kappa shape index (κ3) is 4.71. The quantitative estimate of drug-likeness (QED) is 0.172. The van der Waals surface area contributed by atoms with Crippen LogP contribution in [0.3, 0.4) is 0 Å². The molecule has 7 heteroatoms. The molecule has 0 aliphatic carbocycles. The molecule has 0 saturated heterocycles. The SMILES string of the molecule is C[Si]1(C)c2ccccc2N(c2ccc(-c3nsc(-c4ccc(N5c6ccccc6S(C)(C)c6ccccc65)cc4)n3)cc2)c2ccccc21. The van der Waals surface area contributed by atoms with Gasteiger partial charge in [-0.25, -0.2) is 4.98 Å². The molecule has 2 aliphatic heterocycles. The van der Waals surface area contributed by atoms with Crippen molar-refractivity contribution in [1.82, 2.24) is 9.36 Å². The Kier molecular flexibility index (Phi) is 6.95. The first-order valence-electron chi connectivity index (χ1n) is 16.6. The summed E-state index contributed by atoms with van der Waals surface area (Å²) >= 11 is 1.45. The predicted molar refractivity (Wildman–Crippen MR) is 213 cm³/mol. The van der Waals surface area contributed by atoms with Crippen molar-refractivity contribution >= 4 is 74.1 Å². The molecule has 3 heterocycles.